The van der Waals surface area contributed by atoms with Crippen LogP contribution in [-0.4, -0.2) is 36.9 Å². The number of amides is 1. The second-order valence-electron chi connectivity index (χ2n) is 8.03. The Bertz CT molecular complexity index is 1450. The fraction of sp³-hybridized carbons (Fsp3) is 0.138. The average molecular weight is 499 g/mol. The van der Waals surface area contributed by atoms with Crippen molar-refractivity contribution < 1.29 is 28.9 Å². The van der Waals surface area contributed by atoms with E-state index in [2.05, 4.69) is 10.5 Å². The predicted octanol–water partition coefficient (Wildman–Crippen LogP) is 5.29. The van der Waals surface area contributed by atoms with Gasteiger partial charge in [0.2, 0.25) is 0 Å². The van der Waals surface area contributed by atoms with Crippen molar-refractivity contribution in [1.29, 1.82) is 0 Å². The first-order valence-corrected chi connectivity index (χ1v) is 11.6. The summed E-state index contributed by atoms with van der Waals surface area (Å²) in [4.78, 5) is 23.8. The third-order valence-corrected chi connectivity index (χ3v) is 5.55. The summed E-state index contributed by atoms with van der Waals surface area (Å²) in [6.45, 7) is 2.55. The van der Waals surface area contributed by atoms with Crippen LogP contribution in [0.4, 0.5) is 0 Å². The van der Waals surface area contributed by atoms with Crippen LogP contribution >= 0.6 is 0 Å². The molecular formula is C29H26N2O6. The first-order valence-electron chi connectivity index (χ1n) is 11.6. The number of nitrogens with one attached hydrogen (secondary N) is 1. The fourth-order valence-corrected chi connectivity index (χ4v) is 3.69. The summed E-state index contributed by atoms with van der Waals surface area (Å²) in [6.07, 6.45) is 1.52. The molecule has 0 aliphatic rings. The molecule has 0 aliphatic heterocycles. The van der Waals surface area contributed by atoms with Gasteiger partial charge in [0.25, 0.3) is 5.91 Å². The van der Waals surface area contributed by atoms with Crippen LogP contribution in [0.5, 0.6) is 17.2 Å². The molecule has 0 radical (unpaired) electrons. The minimum absolute atomic E-state index is 0.216. The van der Waals surface area contributed by atoms with Crippen molar-refractivity contribution >= 4 is 28.9 Å². The molecule has 37 heavy (non-hydrogen) atoms. The summed E-state index contributed by atoms with van der Waals surface area (Å²) < 4.78 is 17.0. The van der Waals surface area contributed by atoms with Gasteiger partial charge in [0.15, 0.2) is 11.5 Å². The van der Waals surface area contributed by atoms with Gasteiger partial charge in [0.1, 0.15) is 12.4 Å². The molecule has 4 aromatic rings. The number of fused-ring (bicyclic) bond motifs is 1. The summed E-state index contributed by atoms with van der Waals surface area (Å²) >= 11 is 0. The van der Waals surface area contributed by atoms with Gasteiger partial charge in [-0.05, 0) is 71.3 Å². The number of hydrazone groups is 1. The smallest absolute Gasteiger partial charge is 0.335 e. The number of aromatic carboxylic acids is 1. The van der Waals surface area contributed by atoms with Gasteiger partial charge in [-0.25, -0.2) is 10.2 Å². The second-order valence-corrected chi connectivity index (χ2v) is 8.03. The molecule has 4 aromatic carbocycles. The Morgan fingerprint density at radius 2 is 1.62 bits per heavy atom. The first-order chi connectivity index (χ1) is 18.0. The highest BCUT2D eigenvalue weighted by atomic mass is 16.5. The molecule has 0 saturated heterocycles. The van der Waals surface area contributed by atoms with Gasteiger partial charge >= 0.3 is 5.97 Å². The maximum absolute atomic E-state index is 12.8. The Hall–Kier alpha value is -4.85. The highest BCUT2D eigenvalue weighted by Gasteiger charge is 2.13. The normalized spacial score (nSPS) is 10.9. The summed E-state index contributed by atoms with van der Waals surface area (Å²) in [5, 5.41) is 15.0. The monoisotopic (exact) mass is 498 g/mol. The van der Waals surface area contributed by atoms with Crippen LogP contribution in [0.1, 0.15) is 38.8 Å². The number of ether oxygens (including phenoxy) is 3. The van der Waals surface area contributed by atoms with Gasteiger partial charge in [-0.1, -0.05) is 36.4 Å². The highest BCUT2D eigenvalue weighted by molar-refractivity contribution is 6.02. The van der Waals surface area contributed by atoms with E-state index in [9.17, 15) is 9.59 Å². The number of carbonyl (C=O) groups excluding carboxylic acids is 1. The van der Waals surface area contributed by atoms with E-state index >= 15 is 0 Å². The van der Waals surface area contributed by atoms with Crippen LogP contribution in [0.3, 0.4) is 0 Å². The standard InChI is InChI=1S/C29H26N2O6/c1-3-36-27-14-20(10-13-25(27)37-18-19-8-11-21(12-9-19)29(33)34)17-30-31-28(32)24-15-22-6-4-5-7-23(22)16-26(24)35-2/h4-17H,3,18H2,1-2H3,(H,31,32)(H,33,34). The topological polar surface area (TPSA) is 106 Å². The van der Waals surface area contributed by atoms with E-state index < -0.39 is 11.9 Å². The molecule has 0 saturated carbocycles. The average Bonchev–Trinajstić information content (AvgIpc) is 2.92. The molecule has 188 valence electrons. The SMILES string of the molecule is CCOc1cc(C=NNC(=O)c2cc3ccccc3cc2OC)ccc1OCc1ccc(C(=O)O)cc1. The zero-order chi connectivity index (χ0) is 26.2. The Labute approximate surface area is 214 Å². The molecule has 4 rings (SSSR count). The van der Waals surface area contributed by atoms with Crippen LogP contribution in [0.15, 0.2) is 84.0 Å². The summed E-state index contributed by atoms with van der Waals surface area (Å²) in [7, 11) is 1.52. The summed E-state index contributed by atoms with van der Waals surface area (Å²) in [5.41, 5.74) is 4.67. The summed E-state index contributed by atoms with van der Waals surface area (Å²) in [5.74, 6) is 0.153. The maximum atomic E-state index is 12.8. The van der Waals surface area contributed by atoms with E-state index in [4.69, 9.17) is 19.3 Å². The molecule has 0 aromatic heterocycles. The van der Waals surface area contributed by atoms with E-state index in [1.807, 2.05) is 37.3 Å². The van der Waals surface area contributed by atoms with Crippen molar-refractivity contribution in [3.63, 3.8) is 0 Å². The molecule has 0 spiro atoms. The van der Waals surface area contributed by atoms with E-state index in [1.165, 1.54) is 25.5 Å². The molecule has 0 unspecified atom stereocenters. The number of benzene rings is 4. The predicted molar refractivity (Wildman–Crippen MR) is 141 cm³/mol. The number of hydrogen-bond acceptors (Lipinski definition) is 6. The molecule has 0 fully saturated rings. The van der Waals surface area contributed by atoms with Gasteiger partial charge in [0.05, 0.1) is 31.1 Å². The second kappa shape index (κ2) is 11.7. The zero-order valence-corrected chi connectivity index (χ0v) is 20.4. The van der Waals surface area contributed by atoms with Crippen LogP contribution < -0.4 is 19.6 Å². The molecule has 8 nitrogen and oxygen atoms in total. The molecule has 0 heterocycles. The first kappa shape index (κ1) is 25.2. The minimum Gasteiger partial charge on any atom is -0.496 e. The lowest BCUT2D eigenvalue weighted by atomic mass is 10.1. The van der Waals surface area contributed by atoms with E-state index in [1.54, 1.807) is 36.4 Å². The molecule has 8 heteroatoms. The van der Waals surface area contributed by atoms with Crippen molar-refractivity contribution in [2.24, 2.45) is 5.10 Å². The van der Waals surface area contributed by atoms with Gasteiger partial charge in [0, 0.05) is 0 Å². The number of nitrogens with zero attached hydrogens (tertiary/aromatic N) is 1. The van der Waals surface area contributed by atoms with E-state index in [0.717, 1.165) is 16.3 Å². The van der Waals surface area contributed by atoms with Crippen molar-refractivity contribution in [3.05, 3.63) is 101 Å². The Kier molecular flexibility index (Phi) is 8.00. The number of rotatable bonds is 10. The van der Waals surface area contributed by atoms with Crippen molar-refractivity contribution in [1.82, 2.24) is 5.43 Å². The number of hydrogen-bond donors (Lipinski definition) is 2. The fourth-order valence-electron chi connectivity index (χ4n) is 3.69. The van der Waals surface area contributed by atoms with Gasteiger partial charge < -0.3 is 19.3 Å². The number of carboxylic acid groups (broad SMARTS) is 1. The third-order valence-electron chi connectivity index (χ3n) is 5.55. The lowest BCUT2D eigenvalue weighted by molar-refractivity contribution is 0.0696. The van der Waals surface area contributed by atoms with Crippen LogP contribution in [0.25, 0.3) is 10.8 Å². The minimum atomic E-state index is -0.976. The largest absolute Gasteiger partial charge is 0.496 e. The van der Waals surface area contributed by atoms with E-state index in [0.29, 0.717) is 35.0 Å². The van der Waals surface area contributed by atoms with Crippen LogP contribution in [-0.2, 0) is 6.61 Å². The highest BCUT2D eigenvalue weighted by Crippen LogP contribution is 2.29. The van der Waals surface area contributed by atoms with Crippen LogP contribution in [0.2, 0.25) is 0 Å². The molecule has 0 bridgehead atoms. The van der Waals surface area contributed by atoms with Crippen LogP contribution in [0, 0.1) is 0 Å². The van der Waals surface area contributed by atoms with Gasteiger partial charge in [-0.3, -0.25) is 4.79 Å². The third kappa shape index (κ3) is 6.24. The number of carboxylic acids is 1. The molecule has 2 N–H and O–H groups in total. The van der Waals surface area contributed by atoms with Crippen molar-refractivity contribution in [2.75, 3.05) is 13.7 Å². The quantitative estimate of drug-likeness (QED) is 0.227. The molecule has 1 amide bonds. The number of carbonyl (C=O) groups is 2. The van der Waals surface area contributed by atoms with Gasteiger partial charge in [-0.15, -0.1) is 0 Å². The lowest BCUT2D eigenvalue weighted by Gasteiger charge is -2.13. The van der Waals surface area contributed by atoms with Gasteiger partial charge in [-0.2, -0.15) is 5.10 Å². The molecular weight excluding hydrogens is 472 g/mol. The lowest BCUT2D eigenvalue weighted by Crippen LogP contribution is -2.18. The van der Waals surface area contributed by atoms with E-state index in [-0.39, 0.29) is 12.2 Å². The van der Waals surface area contributed by atoms with Crippen molar-refractivity contribution in [2.45, 2.75) is 13.5 Å². The Balaban J connectivity index is 1.44. The Morgan fingerprint density at radius 1 is 0.892 bits per heavy atom. The number of methoxy groups -OCH3 is 1. The molecule has 0 aliphatic carbocycles. The molecule has 0 atom stereocenters. The maximum Gasteiger partial charge on any atom is 0.335 e. The summed E-state index contributed by atoms with van der Waals surface area (Å²) in [6, 6.07) is 23.1. The Morgan fingerprint density at radius 3 is 2.30 bits per heavy atom. The van der Waals surface area contributed by atoms with Crippen molar-refractivity contribution in [3.8, 4) is 17.2 Å². The zero-order valence-electron chi connectivity index (χ0n) is 20.4.